The first-order valence-corrected chi connectivity index (χ1v) is 7.61. The zero-order valence-electron chi connectivity index (χ0n) is 11.6. The molecule has 2 bridgehead atoms. The second kappa shape index (κ2) is 4.52. The van der Waals surface area contributed by atoms with Crippen LogP contribution in [0.4, 0.5) is 0 Å². The molecule has 0 unspecified atom stereocenters. The lowest BCUT2D eigenvalue weighted by Gasteiger charge is -2.43. The Hall–Kier alpha value is -0.570. The summed E-state index contributed by atoms with van der Waals surface area (Å²) < 4.78 is 0. The first kappa shape index (κ1) is 12.5. The summed E-state index contributed by atoms with van der Waals surface area (Å²) in [6.07, 6.45) is 6.44. The third kappa shape index (κ3) is 1.97. The zero-order valence-corrected chi connectivity index (χ0v) is 11.6. The van der Waals surface area contributed by atoms with Gasteiger partial charge in [0.25, 0.3) is 0 Å². The van der Waals surface area contributed by atoms with E-state index in [2.05, 4.69) is 18.7 Å². The van der Waals surface area contributed by atoms with E-state index in [9.17, 15) is 4.79 Å². The van der Waals surface area contributed by atoms with Crippen LogP contribution in [0, 0.1) is 23.7 Å². The molecule has 2 N–H and O–H groups in total. The molecule has 3 aliphatic rings. The summed E-state index contributed by atoms with van der Waals surface area (Å²) in [4.78, 5) is 14.1. The van der Waals surface area contributed by atoms with Crippen molar-refractivity contribution in [3.8, 4) is 0 Å². The van der Waals surface area contributed by atoms with Crippen molar-refractivity contribution in [2.75, 3.05) is 6.54 Å². The first-order chi connectivity index (χ1) is 8.56. The van der Waals surface area contributed by atoms with Crippen molar-refractivity contribution in [2.24, 2.45) is 29.4 Å². The summed E-state index contributed by atoms with van der Waals surface area (Å²) in [6.45, 7) is 5.77. The second-order valence-corrected chi connectivity index (χ2v) is 7.11. The standard InChI is InChI=1S/C15H26N2O/c1-9(2)12-5-10(6-12)8-17-13-4-3-11(7-13)14(17)15(16)18/h9-14H,3-8H2,1-2H3,(H2,16,18)/t10?,11-,12?,13+,14-/m1/s1. The number of amides is 1. The average Bonchev–Trinajstić information content (AvgIpc) is 2.81. The molecule has 102 valence electrons. The first-order valence-electron chi connectivity index (χ1n) is 7.61. The minimum Gasteiger partial charge on any atom is -0.368 e. The topological polar surface area (TPSA) is 46.3 Å². The molecular formula is C15H26N2O. The molecule has 3 heteroatoms. The SMILES string of the molecule is CC(C)C1CC(CN2[C@H]3CC[C@H](C3)[C@@H]2C(N)=O)C1. The molecule has 3 nitrogen and oxygen atoms in total. The van der Waals surface area contributed by atoms with Gasteiger partial charge >= 0.3 is 0 Å². The van der Waals surface area contributed by atoms with E-state index in [0.29, 0.717) is 12.0 Å². The van der Waals surface area contributed by atoms with Crippen LogP contribution in [0.5, 0.6) is 0 Å². The number of carbonyl (C=O) groups is 1. The molecule has 0 aromatic rings. The highest BCUT2D eigenvalue weighted by atomic mass is 16.1. The van der Waals surface area contributed by atoms with E-state index >= 15 is 0 Å². The molecule has 1 heterocycles. The molecule has 3 fully saturated rings. The van der Waals surface area contributed by atoms with Crippen molar-refractivity contribution in [3.05, 3.63) is 0 Å². The van der Waals surface area contributed by atoms with Gasteiger partial charge in [0, 0.05) is 12.6 Å². The minimum absolute atomic E-state index is 0.0573. The van der Waals surface area contributed by atoms with Gasteiger partial charge in [-0.25, -0.2) is 0 Å². The molecule has 0 aromatic carbocycles. The van der Waals surface area contributed by atoms with Crippen LogP contribution in [0.15, 0.2) is 0 Å². The maximum Gasteiger partial charge on any atom is 0.235 e. The highest BCUT2D eigenvalue weighted by Crippen LogP contribution is 2.45. The molecular weight excluding hydrogens is 224 g/mol. The Morgan fingerprint density at radius 3 is 2.61 bits per heavy atom. The number of hydrogen-bond donors (Lipinski definition) is 1. The summed E-state index contributed by atoms with van der Waals surface area (Å²) in [6, 6.07) is 0.715. The fraction of sp³-hybridized carbons (Fsp3) is 0.933. The molecule has 1 saturated heterocycles. The largest absolute Gasteiger partial charge is 0.368 e. The molecule has 0 radical (unpaired) electrons. The number of piperidine rings is 1. The van der Waals surface area contributed by atoms with Gasteiger partial charge in [-0.15, -0.1) is 0 Å². The van der Waals surface area contributed by atoms with Gasteiger partial charge in [0.05, 0.1) is 6.04 Å². The fourth-order valence-corrected chi connectivity index (χ4v) is 4.51. The molecule has 3 atom stereocenters. The Bertz CT molecular complexity index is 335. The Balaban J connectivity index is 1.58. The number of carbonyl (C=O) groups excluding carboxylic acids is 1. The van der Waals surface area contributed by atoms with Gasteiger partial charge in [-0.1, -0.05) is 13.8 Å². The lowest BCUT2D eigenvalue weighted by molar-refractivity contribution is -0.125. The minimum atomic E-state index is -0.0815. The lowest BCUT2D eigenvalue weighted by Crippen LogP contribution is -2.51. The summed E-state index contributed by atoms with van der Waals surface area (Å²) in [5, 5.41) is 0. The van der Waals surface area contributed by atoms with Crippen LogP contribution in [0.1, 0.15) is 46.0 Å². The van der Waals surface area contributed by atoms with Crippen LogP contribution in [0.2, 0.25) is 0 Å². The summed E-state index contributed by atoms with van der Waals surface area (Å²) in [5.74, 6) is 3.04. The van der Waals surface area contributed by atoms with E-state index in [0.717, 1.165) is 24.3 Å². The molecule has 18 heavy (non-hydrogen) atoms. The molecule has 0 aromatic heterocycles. The molecule has 1 aliphatic heterocycles. The van der Waals surface area contributed by atoms with E-state index < -0.39 is 0 Å². The highest BCUT2D eigenvalue weighted by Gasteiger charge is 2.49. The van der Waals surface area contributed by atoms with Crippen LogP contribution in [-0.2, 0) is 4.79 Å². The summed E-state index contributed by atoms with van der Waals surface area (Å²) in [5.41, 5.74) is 5.60. The number of rotatable bonds is 4. The summed E-state index contributed by atoms with van der Waals surface area (Å²) in [7, 11) is 0. The van der Waals surface area contributed by atoms with Gasteiger partial charge in [0.1, 0.15) is 0 Å². The van der Waals surface area contributed by atoms with Crippen LogP contribution >= 0.6 is 0 Å². The fourth-order valence-electron chi connectivity index (χ4n) is 4.51. The number of fused-ring (bicyclic) bond motifs is 2. The summed E-state index contributed by atoms with van der Waals surface area (Å²) >= 11 is 0. The Labute approximate surface area is 110 Å². The number of hydrogen-bond acceptors (Lipinski definition) is 2. The average molecular weight is 250 g/mol. The van der Waals surface area contributed by atoms with Crippen molar-refractivity contribution in [3.63, 3.8) is 0 Å². The van der Waals surface area contributed by atoms with Gasteiger partial charge in [-0.2, -0.15) is 0 Å². The van der Waals surface area contributed by atoms with E-state index in [1.54, 1.807) is 0 Å². The van der Waals surface area contributed by atoms with Gasteiger partial charge in [0.2, 0.25) is 5.91 Å². The molecule has 2 saturated carbocycles. The Morgan fingerprint density at radius 1 is 1.28 bits per heavy atom. The molecule has 2 aliphatic carbocycles. The smallest absolute Gasteiger partial charge is 0.235 e. The molecule has 0 spiro atoms. The maximum atomic E-state index is 11.6. The van der Waals surface area contributed by atoms with Crippen LogP contribution in [0.25, 0.3) is 0 Å². The normalized spacial score (nSPS) is 43.4. The number of primary amides is 1. The van der Waals surface area contributed by atoms with E-state index in [-0.39, 0.29) is 11.9 Å². The third-order valence-electron chi connectivity index (χ3n) is 5.69. The van der Waals surface area contributed by atoms with Gasteiger partial charge in [-0.3, -0.25) is 9.69 Å². The maximum absolute atomic E-state index is 11.6. The predicted molar refractivity (Wildman–Crippen MR) is 71.9 cm³/mol. The number of nitrogens with two attached hydrogens (primary N) is 1. The quantitative estimate of drug-likeness (QED) is 0.829. The molecule has 3 rings (SSSR count). The van der Waals surface area contributed by atoms with Crippen molar-refractivity contribution in [2.45, 2.75) is 58.0 Å². The van der Waals surface area contributed by atoms with Gasteiger partial charge < -0.3 is 5.73 Å². The number of likely N-dealkylation sites (tertiary alicyclic amines) is 1. The van der Waals surface area contributed by atoms with Crippen molar-refractivity contribution in [1.82, 2.24) is 4.90 Å². The monoisotopic (exact) mass is 250 g/mol. The van der Waals surface area contributed by atoms with Crippen LogP contribution in [-0.4, -0.2) is 29.4 Å². The van der Waals surface area contributed by atoms with Crippen LogP contribution < -0.4 is 5.73 Å². The number of nitrogens with zero attached hydrogens (tertiary/aromatic N) is 1. The van der Waals surface area contributed by atoms with Crippen LogP contribution in [0.3, 0.4) is 0 Å². The van der Waals surface area contributed by atoms with Crippen molar-refractivity contribution in [1.29, 1.82) is 0 Å². The predicted octanol–water partition coefficient (Wildman–Crippen LogP) is 2.01. The van der Waals surface area contributed by atoms with E-state index in [4.69, 9.17) is 5.73 Å². The lowest BCUT2D eigenvalue weighted by atomic mass is 9.69. The third-order valence-corrected chi connectivity index (χ3v) is 5.69. The van der Waals surface area contributed by atoms with Crippen molar-refractivity contribution < 1.29 is 4.79 Å². The van der Waals surface area contributed by atoms with E-state index in [1.165, 1.54) is 32.1 Å². The second-order valence-electron chi connectivity index (χ2n) is 7.11. The van der Waals surface area contributed by atoms with Crippen molar-refractivity contribution >= 4 is 5.91 Å². The Morgan fingerprint density at radius 2 is 2.00 bits per heavy atom. The zero-order chi connectivity index (χ0) is 12.9. The van der Waals surface area contributed by atoms with Gasteiger partial charge in [-0.05, 0) is 55.8 Å². The van der Waals surface area contributed by atoms with E-state index in [1.807, 2.05) is 0 Å². The van der Waals surface area contributed by atoms with Gasteiger partial charge in [0.15, 0.2) is 0 Å². The Kier molecular flexibility index (Phi) is 3.13. The molecule has 1 amide bonds. The highest BCUT2D eigenvalue weighted by molar-refractivity contribution is 5.81.